The second kappa shape index (κ2) is 38.3. The van der Waals surface area contributed by atoms with Crippen molar-refractivity contribution in [2.45, 2.75) is 153 Å². The van der Waals surface area contributed by atoms with Gasteiger partial charge < -0.3 is 35.7 Å². The molecule has 0 aromatic heterocycles. The lowest BCUT2D eigenvalue weighted by Gasteiger charge is -2.34. The molecule has 4 N–H and O–H groups in total. The molecule has 3 rings (SSSR count). The number of carbonyl (C=O) groups excluding carboxylic acids is 6. The molecule has 1 saturated carbocycles. The molecule has 1 aromatic rings. The van der Waals surface area contributed by atoms with Gasteiger partial charge in [-0.3, -0.25) is 19.2 Å². The molecule has 1 aliphatic carbocycles. The van der Waals surface area contributed by atoms with E-state index in [1.807, 2.05) is 71.9 Å². The van der Waals surface area contributed by atoms with Gasteiger partial charge in [-0.2, -0.15) is 0 Å². The number of hydrogen-bond donors (Lipinski definition) is 3. The molecular weight excluding hydrogens is 769 g/mol. The molecule has 5 amide bonds. The first-order valence-corrected chi connectivity index (χ1v) is 21.7. The summed E-state index contributed by atoms with van der Waals surface area (Å²) in [5, 5.41) is 5.22. The molecule has 4 atom stereocenters. The number of methoxy groups -OCH3 is 1. The molecule has 57 heavy (non-hydrogen) atoms. The van der Waals surface area contributed by atoms with Crippen LogP contribution in [0.15, 0.2) is 30.3 Å². The van der Waals surface area contributed by atoms with Crippen molar-refractivity contribution >= 4 is 59.0 Å². The molecule has 2 fully saturated rings. The minimum Gasteiger partial charge on any atom is -0.380 e. The number of nitrogens with two attached hydrogens (primary N) is 1. The number of nitrogens with zero attached hydrogens (tertiary/aromatic N) is 2. The number of primary amides is 1. The Kier molecular flexibility index (Phi) is 42.3. The van der Waals surface area contributed by atoms with Gasteiger partial charge in [0.05, 0.1) is 18.7 Å². The van der Waals surface area contributed by atoms with E-state index in [2.05, 4.69) is 40.8 Å². The largest absolute Gasteiger partial charge is 0.380 e. The fourth-order valence-corrected chi connectivity index (χ4v) is 4.92. The maximum absolute atomic E-state index is 13.3. The first kappa shape index (κ1) is 63.0. The monoisotopic (exact) mass is 850 g/mol. The molecular formula is C43H81Cl2N5O7. The van der Waals surface area contributed by atoms with Gasteiger partial charge in [-0.05, 0) is 42.6 Å². The molecule has 0 spiro atoms. The van der Waals surface area contributed by atoms with Crippen LogP contribution in [0.25, 0.3) is 0 Å². The lowest BCUT2D eigenvalue weighted by Crippen LogP contribution is -2.59. The molecule has 0 bridgehead atoms. The number of likely N-dealkylation sites (tertiary alicyclic amines) is 1. The van der Waals surface area contributed by atoms with E-state index < -0.39 is 59.1 Å². The number of ketones is 1. The van der Waals surface area contributed by atoms with Gasteiger partial charge in [0.2, 0.25) is 17.6 Å². The summed E-state index contributed by atoms with van der Waals surface area (Å²) in [6, 6.07) is 5.88. The summed E-state index contributed by atoms with van der Waals surface area (Å²) in [4.78, 5) is 75.8. The second-order valence-corrected chi connectivity index (χ2v) is 13.8. The van der Waals surface area contributed by atoms with Gasteiger partial charge in [0.15, 0.2) is 0 Å². The molecule has 4 unspecified atom stereocenters. The molecule has 1 heterocycles. The van der Waals surface area contributed by atoms with Crippen LogP contribution in [-0.2, 0) is 35.3 Å². The highest BCUT2D eigenvalue weighted by atomic mass is 35.5. The topological polar surface area (TPSA) is 168 Å². The first-order chi connectivity index (χ1) is 27.0. The van der Waals surface area contributed by atoms with E-state index in [1.54, 1.807) is 41.7 Å². The summed E-state index contributed by atoms with van der Waals surface area (Å²) in [5.74, 6) is -2.18. The summed E-state index contributed by atoms with van der Waals surface area (Å²) in [5.41, 5.74) is 5.75. The zero-order valence-corrected chi connectivity index (χ0v) is 40.0. The Bertz CT molecular complexity index is 1200. The second-order valence-electron chi connectivity index (χ2n) is 13.8. The number of likely N-dealkylation sites (N-methyl/N-ethyl adjacent to an activating group) is 1. The maximum atomic E-state index is 13.3. The number of nitrogens with one attached hydrogen (secondary N) is 2. The Labute approximate surface area is 357 Å². The summed E-state index contributed by atoms with van der Waals surface area (Å²) in [6.07, 6.45) is 9.01. The Morgan fingerprint density at radius 1 is 0.895 bits per heavy atom. The van der Waals surface area contributed by atoms with Crippen LogP contribution in [-0.4, -0.2) is 103 Å². The number of benzene rings is 1. The Morgan fingerprint density at radius 3 is 1.72 bits per heavy atom. The predicted molar refractivity (Wildman–Crippen MR) is 239 cm³/mol. The van der Waals surface area contributed by atoms with Gasteiger partial charge in [-0.25, -0.2) is 4.79 Å². The third-order valence-corrected chi connectivity index (χ3v) is 8.49. The average molecular weight is 851 g/mol. The third-order valence-electron chi connectivity index (χ3n) is 8.49. The summed E-state index contributed by atoms with van der Waals surface area (Å²) >= 11 is 9.28. The average Bonchev–Trinajstić information content (AvgIpc) is 3.71. The number of aldehydes is 1. The maximum Gasteiger partial charge on any atom is 0.316 e. The van der Waals surface area contributed by atoms with Crippen molar-refractivity contribution in [1.82, 2.24) is 20.4 Å². The van der Waals surface area contributed by atoms with E-state index in [0.717, 1.165) is 10.8 Å². The van der Waals surface area contributed by atoms with Gasteiger partial charge in [0.25, 0.3) is 5.91 Å². The lowest BCUT2D eigenvalue weighted by molar-refractivity contribution is -0.148. The van der Waals surface area contributed by atoms with Crippen molar-refractivity contribution in [2.24, 2.45) is 23.0 Å². The number of urea groups is 1. The minimum atomic E-state index is -1.14. The number of Topliss-reactive ketones (excluding diaryl/α,β-unsaturated/α-hetero) is 1. The van der Waals surface area contributed by atoms with Gasteiger partial charge in [-0.1, -0.05) is 133 Å². The van der Waals surface area contributed by atoms with E-state index in [0.29, 0.717) is 32.3 Å². The molecule has 14 heteroatoms. The molecule has 12 nitrogen and oxygen atoms in total. The number of carbonyl (C=O) groups is 6. The normalized spacial score (nSPS) is 15.2. The Balaban J connectivity index is -0.000000303. The number of hydrogen-bond acceptors (Lipinski definition) is 7. The van der Waals surface area contributed by atoms with Crippen molar-refractivity contribution in [3.63, 3.8) is 0 Å². The van der Waals surface area contributed by atoms with Gasteiger partial charge >= 0.3 is 6.03 Å². The van der Waals surface area contributed by atoms with Crippen LogP contribution in [0.5, 0.6) is 0 Å². The fourth-order valence-electron chi connectivity index (χ4n) is 4.92. The van der Waals surface area contributed by atoms with Crippen LogP contribution in [0.3, 0.4) is 0 Å². The number of ether oxygens (including phenoxy) is 1. The number of alkyl halides is 2. The molecule has 1 aliphatic heterocycles. The van der Waals surface area contributed by atoms with Crippen LogP contribution in [0.2, 0.25) is 0 Å². The van der Waals surface area contributed by atoms with Crippen LogP contribution < -0.4 is 16.4 Å². The molecule has 1 aromatic carbocycles. The quantitative estimate of drug-likeness (QED) is 0.115. The minimum absolute atomic E-state index is 0.294. The van der Waals surface area contributed by atoms with Crippen molar-refractivity contribution in [2.75, 3.05) is 33.5 Å². The van der Waals surface area contributed by atoms with Crippen molar-refractivity contribution < 1.29 is 33.5 Å². The highest BCUT2D eigenvalue weighted by Gasteiger charge is 2.41. The predicted octanol–water partition coefficient (Wildman–Crippen LogP) is 8.24. The van der Waals surface area contributed by atoms with E-state index in [1.165, 1.54) is 56.5 Å². The van der Waals surface area contributed by atoms with Crippen molar-refractivity contribution in [1.29, 1.82) is 0 Å². The Hall–Kier alpha value is -3.22. The molecule has 1 saturated heterocycles. The first-order valence-electron chi connectivity index (χ1n) is 20.2. The molecule has 0 radical (unpaired) electrons. The van der Waals surface area contributed by atoms with Gasteiger partial charge in [-0.15, -0.1) is 23.2 Å². The van der Waals surface area contributed by atoms with E-state index in [-0.39, 0.29) is 5.92 Å². The SMILES string of the molecule is CC.CC.CC.CC(C)C(NC(=O)NC(C=O)C(C)(C)C)C(=O)N1CCCC1C(=O)N(C)C(C)C(=O)C(N)=O.CC1CCC1.CCl.CCl.COCc1ccccc1. The highest BCUT2D eigenvalue weighted by molar-refractivity contribution is 6.37. The zero-order valence-electron chi connectivity index (χ0n) is 38.5. The lowest BCUT2D eigenvalue weighted by atomic mass is 9.88. The zero-order chi connectivity index (χ0) is 45.9. The highest BCUT2D eigenvalue weighted by Crippen LogP contribution is 2.25. The summed E-state index contributed by atoms with van der Waals surface area (Å²) < 4.78 is 4.93. The smallest absolute Gasteiger partial charge is 0.316 e. The number of halogens is 2. The third kappa shape index (κ3) is 26.4. The van der Waals surface area contributed by atoms with E-state index in [9.17, 15) is 28.8 Å². The summed E-state index contributed by atoms with van der Waals surface area (Å²) in [7, 11) is 3.08. The van der Waals surface area contributed by atoms with Crippen LogP contribution in [0, 0.1) is 17.3 Å². The molecule has 334 valence electrons. The summed E-state index contributed by atoms with van der Waals surface area (Å²) in [6.45, 7) is 25.7. The number of amides is 5. The fraction of sp³-hybridized carbons (Fsp3) is 0.721. The van der Waals surface area contributed by atoms with Gasteiger partial charge in [0, 0.05) is 33.5 Å². The van der Waals surface area contributed by atoms with E-state index in [4.69, 9.17) is 10.5 Å². The van der Waals surface area contributed by atoms with Crippen LogP contribution >= 0.6 is 23.2 Å². The number of rotatable bonds is 11. The van der Waals surface area contributed by atoms with Gasteiger partial charge in [0.1, 0.15) is 18.4 Å². The Morgan fingerprint density at radius 2 is 1.37 bits per heavy atom. The van der Waals surface area contributed by atoms with Crippen molar-refractivity contribution in [3.05, 3.63) is 35.9 Å². The van der Waals surface area contributed by atoms with E-state index >= 15 is 0 Å². The molecule has 2 aliphatic rings. The van der Waals surface area contributed by atoms with Crippen molar-refractivity contribution in [3.8, 4) is 0 Å². The van der Waals surface area contributed by atoms with Crippen LogP contribution in [0.4, 0.5) is 4.79 Å². The van der Waals surface area contributed by atoms with Crippen LogP contribution in [0.1, 0.15) is 128 Å². The standard InChI is InChI=1S/C22H37N5O6.C8H10O.C5H10.3C2H6.2CH3Cl/c1-12(2)16(25-21(33)24-15(11-28)22(4,5)6)20(32)27-10-8-9-14(27)19(31)26(7)13(3)17(29)18(23)30;1-9-7-8-5-3-2-4-6-8;1-5-3-2-4-5;5*1-2/h11-16H,8-10H2,1-7H3,(H2,23,30)(H2,24,25,33);2-6H,7H2,1H3;5H,2-4H2,1H3;3*1-2H3;2*1H3.